The zero-order valence-corrected chi connectivity index (χ0v) is 16.2. The first kappa shape index (κ1) is 20.0. The number of carbonyl (C=O) groups excluding carboxylic acids is 3. The first-order valence-electron chi connectivity index (χ1n) is 10.0. The van der Waals surface area contributed by atoms with E-state index in [2.05, 4.69) is 10.4 Å². The minimum Gasteiger partial charge on any atom is -0.448 e. The number of hydrazone groups is 1. The van der Waals surface area contributed by atoms with Crippen LogP contribution in [0, 0.1) is 0 Å². The number of esters is 1. The first-order valence-corrected chi connectivity index (χ1v) is 10.0. The molecule has 1 aromatic carbocycles. The number of nitrogens with one attached hydrogen (secondary N) is 1. The molecule has 3 rings (SSSR count). The fourth-order valence-electron chi connectivity index (χ4n) is 3.50. The summed E-state index contributed by atoms with van der Waals surface area (Å²) in [4.78, 5) is 37.0. The summed E-state index contributed by atoms with van der Waals surface area (Å²) in [6.07, 6.45) is 6.03. The largest absolute Gasteiger partial charge is 0.448 e. The molecule has 1 saturated carbocycles. The molecule has 1 aliphatic heterocycles. The number of hydrogen-bond acceptors (Lipinski definition) is 5. The molecule has 150 valence electrons. The Kier molecular flexibility index (Phi) is 6.79. The van der Waals surface area contributed by atoms with Gasteiger partial charge in [0.2, 0.25) is 5.91 Å². The van der Waals surface area contributed by atoms with E-state index >= 15 is 0 Å². The van der Waals surface area contributed by atoms with Crippen LogP contribution in [0.15, 0.2) is 35.4 Å². The molecule has 1 aliphatic carbocycles. The molecule has 2 aliphatic rings. The molecular weight excluding hydrogens is 358 g/mol. The second-order valence-electron chi connectivity index (χ2n) is 7.33. The predicted molar refractivity (Wildman–Crippen MR) is 106 cm³/mol. The van der Waals surface area contributed by atoms with Crippen molar-refractivity contribution < 1.29 is 19.1 Å². The van der Waals surface area contributed by atoms with E-state index in [1.807, 2.05) is 6.07 Å². The van der Waals surface area contributed by atoms with Gasteiger partial charge in [-0.2, -0.15) is 5.10 Å². The average Bonchev–Trinajstić information content (AvgIpc) is 2.97. The molecule has 1 aromatic rings. The molecule has 7 nitrogen and oxygen atoms in total. The standard InChI is InChI=1S/C21H27N3O4/c1-15(20(26)22-16-9-5-2-3-6-10-16)28-21(27)18-13-14-19(25)24(23-18)17-11-7-4-8-12-17/h4,7-8,11-12,15-16H,2-3,5-6,9-10,13-14H2,1H3,(H,22,26). The van der Waals surface area contributed by atoms with Gasteiger partial charge in [-0.3, -0.25) is 9.59 Å². The highest BCUT2D eigenvalue weighted by Crippen LogP contribution is 2.20. The molecule has 0 bridgehead atoms. The summed E-state index contributed by atoms with van der Waals surface area (Å²) >= 11 is 0. The van der Waals surface area contributed by atoms with Gasteiger partial charge in [-0.05, 0) is 31.9 Å². The lowest BCUT2D eigenvalue weighted by Gasteiger charge is -2.24. The molecule has 1 unspecified atom stereocenters. The maximum Gasteiger partial charge on any atom is 0.355 e. The van der Waals surface area contributed by atoms with Crippen molar-refractivity contribution in [2.75, 3.05) is 5.01 Å². The molecule has 7 heteroatoms. The maximum atomic E-state index is 12.5. The molecule has 2 amide bonds. The molecular formula is C21H27N3O4. The molecule has 1 heterocycles. The van der Waals surface area contributed by atoms with Crippen LogP contribution in [0.1, 0.15) is 58.3 Å². The van der Waals surface area contributed by atoms with Crippen molar-refractivity contribution in [3.8, 4) is 0 Å². The van der Waals surface area contributed by atoms with Crippen LogP contribution in [0.25, 0.3) is 0 Å². The minimum atomic E-state index is -0.902. The van der Waals surface area contributed by atoms with Gasteiger partial charge < -0.3 is 10.1 Å². The van der Waals surface area contributed by atoms with Crippen molar-refractivity contribution in [3.05, 3.63) is 30.3 Å². The molecule has 0 aromatic heterocycles. The Morgan fingerprint density at radius 2 is 1.79 bits per heavy atom. The SMILES string of the molecule is CC(OC(=O)C1=NN(c2ccccc2)C(=O)CC1)C(=O)NC1CCCCCC1. The van der Waals surface area contributed by atoms with Gasteiger partial charge in [-0.25, -0.2) is 9.80 Å². The van der Waals surface area contributed by atoms with Gasteiger partial charge in [0.25, 0.3) is 5.91 Å². The van der Waals surface area contributed by atoms with E-state index in [0.29, 0.717) is 5.69 Å². The maximum absolute atomic E-state index is 12.5. The zero-order valence-electron chi connectivity index (χ0n) is 16.2. The zero-order chi connectivity index (χ0) is 19.9. The number of anilines is 1. The minimum absolute atomic E-state index is 0.148. The number of rotatable bonds is 5. The lowest BCUT2D eigenvalue weighted by Crippen LogP contribution is -2.43. The predicted octanol–water partition coefficient (Wildman–Crippen LogP) is 2.94. The third kappa shape index (κ3) is 5.18. The van der Waals surface area contributed by atoms with Crippen molar-refractivity contribution in [3.63, 3.8) is 0 Å². The molecule has 1 N–H and O–H groups in total. The Morgan fingerprint density at radius 1 is 1.11 bits per heavy atom. The van der Waals surface area contributed by atoms with Crippen LogP contribution in [0.4, 0.5) is 5.69 Å². The van der Waals surface area contributed by atoms with Gasteiger partial charge in [0.05, 0.1) is 5.69 Å². The summed E-state index contributed by atoms with van der Waals surface area (Å²) in [7, 11) is 0. The lowest BCUT2D eigenvalue weighted by molar-refractivity contribution is -0.149. The van der Waals surface area contributed by atoms with E-state index in [4.69, 9.17) is 4.74 Å². The summed E-state index contributed by atoms with van der Waals surface area (Å²) < 4.78 is 5.32. The topological polar surface area (TPSA) is 88.1 Å². The van der Waals surface area contributed by atoms with Gasteiger partial charge in [-0.1, -0.05) is 43.9 Å². The van der Waals surface area contributed by atoms with Crippen molar-refractivity contribution in [2.24, 2.45) is 5.10 Å². The van der Waals surface area contributed by atoms with E-state index in [1.54, 1.807) is 31.2 Å². The van der Waals surface area contributed by atoms with Crippen LogP contribution >= 0.6 is 0 Å². The van der Waals surface area contributed by atoms with Crippen LogP contribution in [-0.4, -0.2) is 35.6 Å². The highest BCUT2D eigenvalue weighted by atomic mass is 16.5. The van der Waals surface area contributed by atoms with Crippen LogP contribution in [0.3, 0.4) is 0 Å². The fraction of sp³-hybridized carbons (Fsp3) is 0.524. The second kappa shape index (κ2) is 9.48. The second-order valence-corrected chi connectivity index (χ2v) is 7.33. The summed E-state index contributed by atoms with van der Waals surface area (Å²) in [6.45, 7) is 1.56. The Bertz CT molecular complexity index is 739. The van der Waals surface area contributed by atoms with Crippen molar-refractivity contribution >= 4 is 29.2 Å². The number of carbonyl (C=O) groups is 3. The van der Waals surface area contributed by atoms with E-state index in [0.717, 1.165) is 25.7 Å². The number of nitrogens with zero attached hydrogens (tertiary/aromatic N) is 2. The third-order valence-corrected chi connectivity index (χ3v) is 5.12. The lowest BCUT2D eigenvalue weighted by atomic mass is 10.1. The van der Waals surface area contributed by atoms with E-state index in [1.165, 1.54) is 17.9 Å². The van der Waals surface area contributed by atoms with Crippen LogP contribution in [0.2, 0.25) is 0 Å². The van der Waals surface area contributed by atoms with Crippen LogP contribution < -0.4 is 10.3 Å². The number of benzene rings is 1. The smallest absolute Gasteiger partial charge is 0.355 e. The third-order valence-electron chi connectivity index (χ3n) is 5.12. The molecule has 0 radical (unpaired) electrons. The molecule has 0 spiro atoms. The van der Waals surface area contributed by atoms with E-state index in [-0.39, 0.29) is 36.4 Å². The molecule has 28 heavy (non-hydrogen) atoms. The fourth-order valence-corrected chi connectivity index (χ4v) is 3.50. The van der Waals surface area contributed by atoms with Gasteiger partial charge >= 0.3 is 5.97 Å². The Balaban J connectivity index is 1.59. The van der Waals surface area contributed by atoms with Crippen molar-refractivity contribution in [2.45, 2.75) is 70.4 Å². The quantitative estimate of drug-likeness (QED) is 0.623. The monoisotopic (exact) mass is 385 g/mol. The van der Waals surface area contributed by atoms with Crippen molar-refractivity contribution in [1.82, 2.24) is 5.32 Å². The number of ether oxygens (including phenoxy) is 1. The molecule has 1 fully saturated rings. The van der Waals surface area contributed by atoms with E-state index in [9.17, 15) is 14.4 Å². The Hall–Kier alpha value is -2.70. The normalized spacial score (nSPS) is 19.4. The number of hydrogen-bond donors (Lipinski definition) is 1. The van der Waals surface area contributed by atoms with E-state index < -0.39 is 12.1 Å². The summed E-state index contributed by atoms with van der Waals surface area (Å²) in [5.41, 5.74) is 0.745. The van der Waals surface area contributed by atoms with Gasteiger partial charge in [0.1, 0.15) is 5.71 Å². The number of para-hydroxylation sites is 1. The highest BCUT2D eigenvalue weighted by molar-refractivity contribution is 6.38. The van der Waals surface area contributed by atoms with Crippen molar-refractivity contribution in [1.29, 1.82) is 0 Å². The van der Waals surface area contributed by atoms with Gasteiger partial charge in [-0.15, -0.1) is 0 Å². The Labute approximate surface area is 165 Å². The van der Waals surface area contributed by atoms with Crippen LogP contribution in [-0.2, 0) is 19.1 Å². The summed E-state index contributed by atoms with van der Waals surface area (Å²) in [5, 5.41) is 8.37. The van der Waals surface area contributed by atoms with Crippen LogP contribution in [0.5, 0.6) is 0 Å². The van der Waals surface area contributed by atoms with Gasteiger partial charge in [0, 0.05) is 18.9 Å². The number of amides is 2. The van der Waals surface area contributed by atoms with Gasteiger partial charge in [0.15, 0.2) is 6.10 Å². The molecule has 0 saturated heterocycles. The Morgan fingerprint density at radius 3 is 2.46 bits per heavy atom. The first-order chi connectivity index (χ1) is 13.5. The average molecular weight is 385 g/mol. The highest BCUT2D eigenvalue weighted by Gasteiger charge is 2.29. The summed E-state index contributed by atoms with van der Waals surface area (Å²) in [5.74, 6) is -1.12. The summed E-state index contributed by atoms with van der Waals surface area (Å²) in [6, 6.07) is 9.08. The molecule has 1 atom stereocenters.